The molecule has 0 saturated carbocycles. The summed E-state index contributed by atoms with van der Waals surface area (Å²) in [6.45, 7) is 4.00. The van der Waals surface area contributed by atoms with Crippen molar-refractivity contribution in [1.29, 1.82) is 5.26 Å². The number of allylic oxidation sites excluding steroid dienone is 1. The van der Waals surface area contributed by atoms with Crippen molar-refractivity contribution >= 4 is 17.1 Å². The van der Waals surface area contributed by atoms with Gasteiger partial charge < -0.3 is 12.0 Å². The van der Waals surface area contributed by atoms with E-state index in [-0.39, 0.29) is 28.5 Å². The minimum absolute atomic E-state index is 0. The number of benzene rings is 1. The van der Waals surface area contributed by atoms with Crippen LogP contribution in [-0.2, 0) is 21.1 Å². The Bertz CT molecular complexity index is 800. The maximum absolute atomic E-state index is 8.51. The molecule has 4 nitrogen and oxygen atoms in total. The SMILES string of the molecule is CC.N#C[C-]=Cc1cccc(-n2ccc3cncnc32)c1.[CH3-].[W+2]. The van der Waals surface area contributed by atoms with Gasteiger partial charge in [-0.1, -0.05) is 19.9 Å². The number of nitriles is 1. The van der Waals surface area contributed by atoms with Crippen LogP contribution in [0.15, 0.2) is 49.1 Å². The van der Waals surface area contributed by atoms with Crippen LogP contribution in [0.25, 0.3) is 22.8 Å². The van der Waals surface area contributed by atoms with Gasteiger partial charge >= 0.3 is 21.1 Å². The molecule has 0 unspecified atom stereocenters. The van der Waals surface area contributed by atoms with Crippen molar-refractivity contribution in [2.45, 2.75) is 13.8 Å². The Balaban J connectivity index is 0.00000117. The monoisotopic (exact) mass is 474 g/mol. The molecule has 0 bridgehead atoms. The first-order valence-corrected chi connectivity index (χ1v) is 6.74. The fourth-order valence-corrected chi connectivity index (χ4v) is 1.97. The quantitative estimate of drug-likeness (QED) is 0.413. The van der Waals surface area contributed by atoms with Gasteiger partial charge in [-0.15, -0.1) is 12.1 Å². The van der Waals surface area contributed by atoms with E-state index in [9.17, 15) is 0 Å². The second kappa shape index (κ2) is 10.5. The third-order valence-electron chi connectivity index (χ3n) is 2.80. The van der Waals surface area contributed by atoms with Crippen LogP contribution in [0.5, 0.6) is 0 Å². The summed E-state index contributed by atoms with van der Waals surface area (Å²) in [5.74, 6) is 0. The van der Waals surface area contributed by atoms with E-state index in [0.29, 0.717) is 0 Å². The Morgan fingerprint density at radius 1 is 1.26 bits per heavy atom. The van der Waals surface area contributed by atoms with E-state index in [4.69, 9.17) is 5.26 Å². The maximum atomic E-state index is 8.51. The summed E-state index contributed by atoms with van der Waals surface area (Å²) >= 11 is 0. The van der Waals surface area contributed by atoms with Crippen LogP contribution in [0, 0.1) is 24.8 Å². The zero-order valence-electron chi connectivity index (χ0n) is 13.4. The second-order valence-corrected chi connectivity index (χ2v) is 3.98. The smallest absolute Gasteiger partial charge is 0.358 e. The first kappa shape index (κ1) is 20.8. The Hall–Kier alpha value is -2.24. The third kappa shape index (κ3) is 4.87. The molecule has 0 aliphatic heterocycles. The van der Waals surface area contributed by atoms with E-state index in [0.717, 1.165) is 22.3 Å². The van der Waals surface area contributed by atoms with E-state index >= 15 is 0 Å². The molecule has 3 aromatic rings. The summed E-state index contributed by atoms with van der Waals surface area (Å²) in [6.07, 6.45) is 9.45. The third-order valence-corrected chi connectivity index (χ3v) is 2.80. The molecule has 0 spiro atoms. The van der Waals surface area contributed by atoms with Gasteiger partial charge in [0.1, 0.15) is 12.0 Å². The molecule has 1 aromatic carbocycles. The predicted molar refractivity (Wildman–Crippen MR) is 89.9 cm³/mol. The van der Waals surface area contributed by atoms with E-state index in [2.05, 4.69) is 16.0 Å². The van der Waals surface area contributed by atoms with Gasteiger partial charge in [0.25, 0.3) is 0 Å². The standard InChI is InChI=1S/C15H9N4.C2H6.CH3.W/c16-7-2-4-12-3-1-5-14(9-12)19-8-6-13-10-17-11-18-15(13)19;1-2;;/h1,3-6,8-11H;1-2H3;1H3;/q-1;;-1;+2. The molecule has 0 aliphatic rings. The number of nitrogens with zero attached hydrogens (tertiary/aromatic N) is 4. The van der Waals surface area contributed by atoms with Gasteiger partial charge in [0.05, 0.1) is 0 Å². The van der Waals surface area contributed by atoms with Gasteiger partial charge in [0.15, 0.2) is 0 Å². The summed E-state index contributed by atoms with van der Waals surface area (Å²) in [5, 5.41) is 9.50. The molecule has 23 heavy (non-hydrogen) atoms. The van der Waals surface area contributed by atoms with Crippen molar-refractivity contribution in [3.05, 3.63) is 68.1 Å². The van der Waals surface area contributed by atoms with E-state index in [1.807, 2.05) is 61.0 Å². The first-order chi connectivity index (χ1) is 10.4. The molecule has 0 saturated heterocycles. The van der Waals surface area contributed by atoms with Gasteiger partial charge in [-0.25, -0.2) is 21.3 Å². The Morgan fingerprint density at radius 2 is 2.04 bits per heavy atom. The molecule has 0 N–H and O–H groups in total. The second-order valence-electron chi connectivity index (χ2n) is 3.98. The summed E-state index contributed by atoms with van der Waals surface area (Å²) in [6, 6.07) is 11.7. The van der Waals surface area contributed by atoms with E-state index in [1.165, 1.54) is 6.33 Å². The van der Waals surface area contributed by atoms with Gasteiger partial charge in [0, 0.05) is 23.5 Å². The van der Waals surface area contributed by atoms with Crippen LogP contribution in [0.2, 0.25) is 0 Å². The summed E-state index contributed by atoms with van der Waals surface area (Å²) in [5.41, 5.74) is 2.78. The summed E-state index contributed by atoms with van der Waals surface area (Å²) < 4.78 is 1.99. The van der Waals surface area contributed by atoms with Crippen LogP contribution in [0.4, 0.5) is 0 Å². The average Bonchev–Trinajstić information content (AvgIpc) is 2.99. The molecule has 3 rings (SSSR count). The molecule has 2 aromatic heterocycles. The fourth-order valence-electron chi connectivity index (χ4n) is 1.97. The van der Waals surface area contributed by atoms with Crippen LogP contribution in [-0.4, -0.2) is 14.5 Å². The summed E-state index contributed by atoms with van der Waals surface area (Å²) in [7, 11) is 0. The maximum Gasteiger partial charge on any atom is 2.00 e. The van der Waals surface area contributed by atoms with Crippen molar-refractivity contribution in [3.63, 3.8) is 0 Å². The van der Waals surface area contributed by atoms with Crippen LogP contribution < -0.4 is 0 Å². The van der Waals surface area contributed by atoms with Crippen molar-refractivity contribution < 1.29 is 21.1 Å². The molecule has 0 fully saturated rings. The molecule has 0 radical (unpaired) electrons. The average molecular weight is 474 g/mol. The molecule has 5 heteroatoms. The molecular weight excluding hydrogens is 456 g/mol. The molecule has 0 atom stereocenters. The number of hydrogen-bond acceptors (Lipinski definition) is 3. The van der Waals surface area contributed by atoms with E-state index in [1.54, 1.807) is 12.3 Å². The Morgan fingerprint density at radius 3 is 2.78 bits per heavy atom. The van der Waals surface area contributed by atoms with Crippen molar-refractivity contribution in [3.8, 4) is 11.8 Å². The number of fused-ring (bicyclic) bond motifs is 1. The largest absolute Gasteiger partial charge is 2.00 e. The van der Waals surface area contributed by atoms with Crippen LogP contribution >= 0.6 is 0 Å². The minimum Gasteiger partial charge on any atom is -0.358 e. The number of hydrogen-bond donors (Lipinski definition) is 0. The number of rotatable bonds is 2. The zero-order valence-corrected chi connectivity index (χ0v) is 16.3. The molecule has 116 valence electrons. The van der Waals surface area contributed by atoms with Gasteiger partial charge in [-0.2, -0.15) is 11.6 Å². The van der Waals surface area contributed by atoms with Gasteiger partial charge in [-0.3, -0.25) is 0 Å². The zero-order chi connectivity index (χ0) is 15.1. The number of aromatic nitrogens is 3. The van der Waals surface area contributed by atoms with E-state index < -0.39 is 0 Å². The topological polar surface area (TPSA) is 54.5 Å². The fraction of sp³-hybridized carbons (Fsp3) is 0.111. The summed E-state index contributed by atoms with van der Waals surface area (Å²) in [4.78, 5) is 8.28. The Kier molecular flexibility index (Phi) is 9.46. The minimum atomic E-state index is 0. The normalized spacial score (nSPS) is 9.26. The van der Waals surface area contributed by atoms with Crippen LogP contribution in [0.3, 0.4) is 0 Å². The van der Waals surface area contributed by atoms with Crippen molar-refractivity contribution in [2.75, 3.05) is 0 Å². The van der Waals surface area contributed by atoms with Gasteiger partial charge in [0.2, 0.25) is 0 Å². The van der Waals surface area contributed by atoms with Crippen molar-refractivity contribution in [1.82, 2.24) is 14.5 Å². The first-order valence-electron chi connectivity index (χ1n) is 6.74. The van der Waals surface area contributed by atoms with Crippen LogP contribution in [0.1, 0.15) is 19.4 Å². The molecular formula is C18H18N4W. The molecule has 0 amide bonds. The van der Waals surface area contributed by atoms with Crippen molar-refractivity contribution in [2.24, 2.45) is 0 Å². The van der Waals surface area contributed by atoms with Gasteiger partial charge in [-0.05, 0) is 18.2 Å². The predicted octanol–water partition coefficient (Wildman–Crippen LogP) is 4.23. The Labute approximate surface area is 151 Å². The molecule has 0 aliphatic carbocycles. The molecule has 2 heterocycles.